The number of esters is 1. The molecule has 0 bridgehead atoms. The summed E-state index contributed by atoms with van der Waals surface area (Å²) in [6.45, 7) is -0.326. The molecule has 1 aromatic heterocycles. The number of rotatable bonds is 6. The van der Waals surface area contributed by atoms with Crippen LogP contribution in [0.5, 0.6) is 0 Å². The summed E-state index contributed by atoms with van der Waals surface area (Å²) >= 11 is 0. The average molecular weight is 427 g/mol. The second kappa shape index (κ2) is 9.81. The third-order valence-corrected chi connectivity index (χ3v) is 4.45. The number of carbonyl (C=O) groups excluding carboxylic acids is 1. The molecule has 1 aliphatic rings. The Kier molecular flexibility index (Phi) is 7.71. The topological polar surface area (TPSA) is 163 Å². The van der Waals surface area contributed by atoms with Crippen molar-refractivity contribution in [3.05, 3.63) is 58.6 Å². The lowest BCUT2D eigenvalue weighted by molar-refractivity contribution is -0.151. The lowest BCUT2D eigenvalue weighted by Crippen LogP contribution is -2.39. The number of aliphatic hydroxyl groups is 2. The van der Waals surface area contributed by atoms with E-state index < -0.39 is 42.2 Å². The van der Waals surface area contributed by atoms with E-state index in [2.05, 4.69) is 4.98 Å². The Morgan fingerprint density at radius 1 is 1.24 bits per heavy atom. The van der Waals surface area contributed by atoms with Crippen molar-refractivity contribution >= 4 is 24.2 Å². The van der Waals surface area contributed by atoms with E-state index in [1.165, 1.54) is 12.3 Å². The van der Waals surface area contributed by atoms with Crippen LogP contribution in [0.4, 0.5) is 5.82 Å². The molecule has 5 unspecified atom stereocenters. The lowest BCUT2D eigenvalue weighted by atomic mass is 10.1. The Morgan fingerprint density at radius 2 is 1.93 bits per heavy atom. The number of anilines is 1. The Labute approximate surface area is 172 Å². The number of carbonyl (C=O) groups is 1. The fraction of sp³-hybridized carbons (Fsp3) is 0.389. The van der Waals surface area contributed by atoms with Gasteiger partial charge in [-0.2, -0.15) is 4.98 Å². The van der Waals surface area contributed by atoms with Crippen LogP contribution in [0.15, 0.2) is 47.4 Å². The number of aromatic nitrogens is 2. The molecule has 29 heavy (non-hydrogen) atoms. The summed E-state index contributed by atoms with van der Waals surface area (Å²) in [5, 5.41) is 20.3. The highest BCUT2D eigenvalue weighted by atomic mass is 35.5. The summed E-state index contributed by atoms with van der Waals surface area (Å²) < 4.78 is 11.6. The van der Waals surface area contributed by atoms with Crippen molar-refractivity contribution in [1.29, 1.82) is 0 Å². The molecule has 1 aliphatic heterocycles. The Morgan fingerprint density at radius 3 is 2.59 bits per heavy atom. The van der Waals surface area contributed by atoms with Gasteiger partial charge >= 0.3 is 11.7 Å². The molecule has 2 heterocycles. The SMILES string of the molecule is Cl.Nc1ccn(C2OC(COC(=O)C(N)Cc3ccccc3)C(O)C2O)c(=O)n1. The van der Waals surface area contributed by atoms with Crippen LogP contribution in [0.1, 0.15) is 11.8 Å². The highest BCUT2D eigenvalue weighted by Crippen LogP contribution is 2.28. The molecule has 2 aromatic rings. The van der Waals surface area contributed by atoms with Gasteiger partial charge in [-0.1, -0.05) is 30.3 Å². The molecule has 0 saturated carbocycles. The molecule has 3 rings (SSSR count). The molecule has 1 fully saturated rings. The lowest BCUT2D eigenvalue weighted by Gasteiger charge is -2.17. The minimum absolute atomic E-state index is 0. The largest absolute Gasteiger partial charge is 0.462 e. The number of hydrogen-bond donors (Lipinski definition) is 4. The highest BCUT2D eigenvalue weighted by molar-refractivity contribution is 5.85. The first-order valence-electron chi connectivity index (χ1n) is 8.69. The number of hydrogen-bond acceptors (Lipinski definition) is 9. The zero-order valence-electron chi connectivity index (χ0n) is 15.3. The molecule has 6 N–H and O–H groups in total. The minimum Gasteiger partial charge on any atom is -0.462 e. The molecule has 0 spiro atoms. The quantitative estimate of drug-likeness (QED) is 0.423. The van der Waals surface area contributed by atoms with Crippen LogP contribution in [0.2, 0.25) is 0 Å². The first kappa shape index (κ1) is 22.8. The maximum Gasteiger partial charge on any atom is 0.351 e. The maximum atomic E-state index is 12.1. The number of nitrogens with two attached hydrogens (primary N) is 2. The zero-order valence-corrected chi connectivity index (χ0v) is 16.1. The number of nitrogen functional groups attached to an aromatic ring is 1. The van der Waals surface area contributed by atoms with Crippen molar-refractivity contribution in [2.45, 2.75) is 37.0 Å². The fourth-order valence-electron chi connectivity index (χ4n) is 2.94. The Balaban J connectivity index is 0.00000300. The highest BCUT2D eigenvalue weighted by Gasteiger charge is 2.44. The van der Waals surface area contributed by atoms with E-state index in [0.29, 0.717) is 6.42 Å². The fourth-order valence-corrected chi connectivity index (χ4v) is 2.94. The number of nitrogens with zero attached hydrogens (tertiary/aromatic N) is 2. The number of aliphatic hydroxyl groups excluding tert-OH is 2. The van der Waals surface area contributed by atoms with Crippen LogP contribution in [0.25, 0.3) is 0 Å². The van der Waals surface area contributed by atoms with Crippen molar-refractivity contribution in [1.82, 2.24) is 9.55 Å². The van der Waals surface area contributed by atoms with Crippen molar-refractivity contribution in [3.63, 3.8) is 0 Å². The van der Waals surface area contributed by atoms with Gasteiger partial charge in [0.2, 0.25) is 0 Å². The first-order chi connectivity index (χ1) is 13.4. The molecule has 0 amide bonds. The second-order valence-corrected chi connectivity index (χ2v) is 6.51. The van der Waals surface area contributed by atoms with Gasteiger partial charge in [-0.25, -0.2) is 4.79 Å². The third-order valence-electron chi connectivity index (χ3n) is 4.45. The number of halogens is 1. The van der Waals surface area contributed by atoms with Crippen molar-refractivity contribution < 1.29 is 24.5 Å². The van der Waals surface area contributed by atoms with E-state index >= 15 is 0 Å². The van der Waals surface area contributed by atoms with E-state index in [1.807, 2.05) is 30.3 Å². The van der Waals surface area contributed by atoms with Gasteiger partial charge in [0.15, 0.2) is 6.23 Å². The number of benzene rings is 1. The van der Waals surface area contributed by atoms with E-state index in [1.54, 1.807) is 0 Å². The molecule has 1 saturated heterocycles. The van der Waals surface area contributed by atoms with Crippen LogP contribution in [0.3, 0.4) is 0 Å². The van der Waals surface area contributed by atoms with Crippen LogP contribution in [0, 0.1) is 0 Å². The minimum atomic E-state index is -1.41. The molecule has 11 heteroatoms. The van der Waals surface area contributed by atoms with Gasteiger partial charge in [0.25, 0.3) is 0 Å². The smallest absolute Gasteiger partial charge is 0.351 e. The summed E-state index contributed by atoms with van der Waals surface area (Å²) in [4.78, 5) is 27.6. The predicted molar refractivity (Wildman–Crippen MR) is 105 cm³/mol. The molecule has 10 nitrogen and oxygen atoms in total. The van der Waals surface area contributed by atoms with Gasteiger partial charge in [0, 0.05) is 6.20 Å². The third kappa shape index (κ3) is 5.31. The van der Waals surface area contributed by atoms with Gasteiger partial charge in [-0.3, -0.25) is 9.36 Å². The van der Waals surface area contributed by atoms with Crippen LogP contribution in [-0.2, 0) is 20.7 Å². The molecule has 5 atom stereocenters. The van der Waals surface area contributed by atoms with Gasteiger partial charge in [0.05, 0.1) is 0 Å². The monoisotopic (exact) mass is 426 g/mol. The van der Waals surface area contributed by atoms with Crippen molar-refractivity contribution in [3.8, 4) is 0 Å². The van der Waals surface area contributed by atoms with E-state index in [-0.39, 0.29) is 24.8 Å². The van der Waals surface area contributed by atoms with Crippen LogP contribution >= 0.6 is 12.4 Å². The standard InChI is InChI=1S/C18H22N4O6.ClH/c19-11(8-10-4-2-1-3-5-10)17(25)27-9-12-14(23)15(24)16(28-12)22-7-6-13(20)21-18(22)26;/h1-7,11-12,14-16,23-24H,8-9,19H2,(H2,20,21,26);1H. The van der Waals surface area contributed by atoms with Crippen molar-refractivity contribution in [2.24, 2.45) is 5.73 Å². The molecular formula is C18H23ClN4O6. The maximum absolute atomic E-state index is 12.1. The summed E-state index contributed by atoms with van der Waals surface area (Å²) in [5.74, 6) is -0.643. The average Bonchev–Trinajstić information content (AvgIpc) is 2.95. The second-order valence-electron chi connectivity index (χ2n) is 6.51. The van der Waals surface area contributed by atoms with Gasteiger partial charge < -0.3 is 31.2 Å². The van der Waals surface area contributed by atoms with E-state index in [9.17, 15) is 19.8 Å². The molecule has 1 aromatic carbocycles. The first-order valence-corrected chi connectivity index (χ1v) is 8.69. The summed E-state index contributed by atoms with van der Waals surface area (Å²) in [6, 6.07) is 9.70. The van der Waals surface area contributed by atoms with E-state index in [0.717, 1.165) is 10.1 Å². The Bertz CT molecular complexity index is 880. The summed E-state index contributed by atoms with van der Waals surface area (Å²) in [5.41, 5.74) is 11.4. The predicted octanol–water partition coefficient (Wildman–Crippen LogP) is -1.02. The van der Waals surface area contributed by atoms with Crippen molar-refractivity contribution in [2.75, 3.05) is 12.3 Å². The normalized spacial score (nSPS) is 24.5. The Hall–Kier alpha value is -2.50. The van der Waals surface area contributed by atoms with E-state index in [4.69, 9.17) is 20.9 Å². The van der Waals surface area contributed by atoms with Gasteiger partial charge in [-0.15, -0.1) is 12.4 Å². The molecule has 0 radical (unpaired) electrons. The van der Waals surface area contributed by atoms with Gasteiger partial charge in [0.1, 0.15) is 36.8 Å². The number of ether oxygens (including phenoxy) is 2. The molecule has 0 aliphatic carbocycles. The zero-order chi connectivity index (χ0) is 20.3. The molecular weight excluding hydrogens is 404 g/mol. The van der Waals surface area contributed by atoms with Crippen LogP contribution < -0.4 is 17.2 Å². The van der Waals surface area contributed by atoms with Crippen LogP contribution in [-0.4, -0.2) is 56.7 Å². The molecule has 158 valence electrons. The summed E-state index contributed by atoms with van der Waals surface area (Å²) in [6.07, 6.45) is -3.40. The van der Waals surface area contributed by atoms with Gasteiger partial charge in [-0.05, 0) is 18.1 Å². The summed E-state index contributed by atoms with van der Waals surface area (Å²) in [7, 11) is 0.